The lowest BCUT2D eigenvalue weighted by Gasteiger charge is -2.30. The number of rotatable bonds is 3. The van der Waals surface area contributed by atoms with E-state index in [-0.39, 0.29) is 5.91 Å². The fourth-order valence-corrected chi connectivity index (χ4v) is 5.56. The van der Waals surface area contributed by atoms with E-state index in [9.17, 15) is 9.59 Å². The minimum absolute atomic E-state index is 0.0520. The third-order valence-corrected chi connectivity index (χ3v) is 7.00. The topological polar surface area (TPSA) is 75.4 Å². The lowest BCUT2D eigenvalue weighted by Crippen LogP contribution is -2.35. The summed E-state index contributed by atoms with van der Waals surface area (Å²) in [6.07, 6.45) is 3.83. The number of amides is 2. The van der Waals surface area contributed by atoms with Gasteiger partial charge in [-0.1, -0.05) is 42.0 Å². The molecule has 0 fully saturated rings. The first-order chi connectivity index (χ1) is 15.0. The molecular formula is C25H24ClN3O2. The molecular weight excluding hydrogens is 410 g/mol. The van der Waals surface area contributed by atoms with Crippen LogP contribution in [0.1, 0.15) is 39.0 Å². The number of nitrogens with two attached hydrogens (primary N) is 1. The van der Waals surface area contributed by atoms with E-state index in [0.29, 0.717) is 23.7 Å². The second-order valence-corrected chi connectivity index (χ2v) is 8.75. The maximum atomic E-state index is 12.2. The van der Waals surface area contributed by atoms with Crippen molar-refractivity contribution in [3.05, 3.63) is 75.3 Å². The second-order valence-electron chi connectivity index (χ2n) is 8.34. The van der Waals surface area contributed by atoms with Crippen LogP contribution in [0.5, 0.6) is 0 Å². The Morgan fingerprint density at radius 2 is 2.03 bits per heavy atom. The first-order valence-electron chi connectivity index (χ1n) is 10.6. The van der Waals surface area contributed by atoms with Crippen molar-refractivity contribution < 1.29 is 9.59 Å². The average Bonchev–Trinajstić information content (AvgIpc) is 3.16. The van der Waals surface area contributed by atoms with Crippen LogP contribution >= 0.6 is 11.6 Å². The van der Waals surface area contributed by atoms with Gasteiger partial charge in [0.2, 0.25) is 11.8 Å². The number of fused-ring (bicyclic) bond motifs is 3. The molecule has 0 saturated carbocycles. The highest BCUT2D eigenvalue weighted by molar-refractivity contribution is 6.34. The van der Waals surface area contributed by atoms with Crippen molar-refractivity contribution in [2.75, 3.05) is 19.6 Å². The van der Waals surface area contributed by atoms with Gasteiger partial charge in [-0.3, -0.25) is 9.59 Å². The summed E-state index contributed by atoms with van der Waals surface area (Å²) < 4.78 is 0. The van der Waals surface area contributed by atoms with Gasteiger partial charge in [0.05, 0.1) is 0 Å². The summed E-state index contributed by atoms with van der Waals surface area (Å²) in [5.41, 5.74) is 15.3. The number of nitrogens with one attached hydrogen (secondary N) is 1. The molecule has 0 unspecified atom stereocenters. The number of hydrogen-bond donors (Lipinski definition) is 2. The molecule has 6 heteroatoms. The van der Waals surface area contributed by atoms with Crippen LogP contribution in [-0.2, 0) is 24.2 Å². The first kappa shape index (κ1) is 20.0. The van der Waals surface area contributed by atoms with E-state index in [0.717, 1.165) is 60.2 Å². The van der Waals surface area contributed by atoms with Crippen LogP contribution in [0.4, 0.5) is 0 Å². The quantitative estimate of drug-likeness (QED) is 0.727. The summed E-state index contributed by atoms with van der Waals surface area (Å²) in [4.78, 5) is 26.2. The monoisotopic (exact) mass is 433 g/mol. The van der Waals surface area contributed by atoms with Crippen molar-refractivity contribution in [1.29, 1.82) is 0 Å². The van der Waals surface area contributed by atoms with E-state index in [2.05, 4.69) is 24.0 Å². The Hall–Kier alpha value is -2.89. The van der Waals surface area contributed by atoms with Crippen LogP contribution in [0.3, 0.4) is 0 Å². The molecule has 0 aromatic heterocycles. The van der Waals surface area contributed by atoms with Gasteiger partial charge >= 0.3 is 0 Å². The van der Waals surface area contributed by atoms with Crippen molar-refractivity contribution in [2.24, 2.45) is 5.73 Å². The number of carbonyl (C=O) groups is 2. The van der Waals surface area contributed by atoms with Crippen LogP contribution in [0.25, 0.3) is 16.7 Å². The Kier molecular flexibility index (Phi) is 4.95. The third-order valence-electron chi connectivity index (χ3n) is 6.70. The highest BCUT2D eigenvalue weighted by Crippen LogP contribution is 2.47. The van der Waals surface area contributed by atoms with E-state index in [4.69, 9.17) is 17.3 Å². The Morgan fingerprint density at radius 1 is 1.19 bits per heavy atom. The molecule has 2 amide bonds. The Bertz CT molecular complexity index is 1180. The number of nitrogens with zero attached hydrogens (tertiary/aromatic N) is 1. The molecule has 0 saturated heterocycles. The van der Waals surface area contributed by atoms with Crippen molar-refractivity contribution in [2.45, 2.75) is 25.8 Å². The fourth-order valence-electron chi connectivity index (χ4n) is 5.25. The highest BCUT2D eigenvalue weighted by atomic mass is 35.5. The largest absolute Gasteiger partial charge is 0.366 e. The molecule has 2 aromatic carbocycles. The predicted molar refractivity (Wildman–Crippen MR) is 123 cm³/mol. The summed E-state index contributed by atoms with van der Waals surface area (Å²) in [5, 5.41) is 4.01. The summed E-state index contributed by atoms with van der Waals surface area (Å²) in [7, 11) is 0. The van der Waals surface area contributed by atoms with E-state index in [1.54, 1.807) is 6.07 Å². The molecule has 0 spiro atoms. The van der Waals surface area contributed by atoms with Crippen molar-refractivity contribution in [3.63, 3.8) is 0 Å². The van der Waals surface area contributed by atoms with Gasteiger partial charge in [-0.05, 0) is 71.3 Å². The molecule has 3 aliphatic rings. The van der Waals surface area contributed by atoms with E-state index in [1.165, 1.54) is 22.8 Å². The zero-order chi connectivity index (χ0) is 21.7. The molecule has 1 aliphatic carbocycles. The summed E-state index contributed by atoms with van der Waals surface area (Å²) in [6.45, 7) is 6.52. The van der Waals surface area contributed by atoms with Crippen molar-refractivity contribution in [3.8, 4) is 11.1 Å². The summed E-state index contributed by atoms with van der Waals surface area (Å²) in [5.74, 6) is -0.491. The SMILES string of the molecule is C=CC(=O)N1CCc2c(cccc2-c2c(Cl)cc(C(N)=O)c3c2C2=C(CCNC2)C3)C1. The zero-order valence-electron chi connectivity index (χ0n) is 17.3. The van der Waals surface area contributed by atoms with Gasteiger partial charge in [0, 0.05) is 35.8 Å². The first-order valence-corrected chi connectivity index (χ1v) is 11.0. The Balaban J connectivity index is 1.71. The molecule has 0 atom stereocenters. The lowest BCUT2D eigenvalue weighted by molar-refractivity contribution is -0.126. The lowest BCUT2D eigenvalue weighted by atomic mass is 9.85. The van der Waals surface area contributed by atoms with Crippen LogP contribution in [0.15, 0.2) is 42.5 Å². The van der Waals surface area contributed by atoms with E-state index < -0.39 is 5.91 Å². The molecule has 5 nitrogen and oxygen atoms in total. The number of hydrogen-bond acceptors (Lipinski definition) is 3. The molecule has 3 N–H and O–H groups in total. The minimum Gasteiger partial charge on any atom is -0.366 e. The van der Waals surface area contributed by atoms with Gasteiger partial charge in [-0.2, -0.15) is 0 Å². The summed E-state index contributed by atoms with van der Waals surface area (Å²) in [6, 6.07) is 7.92. The average molecular weight is 434 g/mol. The van der Waals surface area contributed by atoms with Crippen LogP contribution in [-0.4, -0.2) is 36.3 Å². The molecule has 2 aliphatic heterocycles. The predicted octanol–water partition coefficient (Wildman–Crippen LogP) is 3.48. The molecule has 5 rings (SSSR count). The van der Waals surface area contributed by atoms with Gasteiger partial charge in [0.1, 0.15) is 0 Å². The number of halogens is 1. The van der Waals surface area contributed by atoms with Crippen LogP contribution < -0.4 is 11.1 Å². The number of primary amides is 1. The molecule has 31 heavy (non-hydrogen) atoms. The maximum absolute atomic E-state index is 12.2. The molecule has 2 aromatic rings. The van der Waals surface area contributed by atoms with E-state index in [1.807, 2.05) is 11.0 Å². The molecule has 0 radical (unpaired) electrons. The van der Waals surface area contributed by atoms with Gasteiger partial charge in [-0.25, -0.2) is 0 Å². The van der Waals surface area contributed by atoms with Gasteiger partial charge in [-0.15, -0.1) is 0 Å². The van der Waals surface area contributed by atoms with Crippen LogP contribution in [0, 0.1) is 0 Å². The normalized spacial score (nSPS) is 17.1. The molecule has 158 valence electrons. The van der Waals surface area contributed by atoms with Gasteiger partial charge in [0.25, 0.3) is 0 Å². The van der Waals surface area contributed by atoms with Gasteiger partial charge < -0.3 is 16.0 Å². The van der Waals surface area contributed by atoms with Crippen molar-refractivity contribution in [1.82, 2.24) is 10.2 Å². The van der Waals surface area contributed by atoms with Gasteiger partial charge in [0.15, 0.2) is 0 Å². The molecule has 2 heterocycles. The minimum atomic E-state index is -0.439. The number of benzene rings is 2. The van der Waals surface area contributed by atoms with Crippen molar-refractivity contribution >= 4 is 29.0 Å². The highest BCUT2D eigenvalue weighted by Gasteiger charge is 2.33. The summed E-state index contributed by atoms with van der Waals surface area (Å²) >= 11 is 6.84. The Morgan fingerprint density at radius 3 is 2.81 bits per heavy atom. The third kappa shape index (κ3) is 3.20. The maximum Gasteiger partial charge on any atom is 0.249 e. The number of carbonyl (C=O) groups excluding carboxylic acids is 2. The molecule has 0 bridgehead atoms. The second kappa shape index (κ2) is 7.66. The fraction of sp³-hybridized carbons (Fsp3) is 0.280. The Labute approximate surface area is 186 Å². The zero-order valence-corrected chi connectivity index (χ0v) is 18.0. The smallest absolute Gasteiger partial charge is 0.249 e. The van der Waals surface area contributed by atoms with E-state index >= 15 is 0 Å². The van der Waals surface area contributed by atoms with Crippen LogP contribution in [0.2, 0.25) is 5.02 Å². The standard InChI is InChI=1S/C25H24ClN3O2/c1-2-22(30)29-9-7-16-15(13-29)4-3-5-17(16)24-21(26)11-19(25(27)31)18-10-14-6-8-28-12-20(14)23(18)24/h2-5,11,28H,1,6-10,12-13H2,(H2,27,31).